The van der Waals surface area contributed by atoms with E-state index in [0.29, 0.717) is 22.0 Å². The Labute approximate surface area is 138 Å². The number of aliphatic carboxylic acids is 1. The number of carboxylic acids is 1. The summed E-state index contributed by atoms with van der Waals surface area (Å²) in [6, 6.07) is -1.12. The van der Waals surface area contributed by atoms with Crippen molar-refractivity contribution in [2.45, 2.75) is 33.2 Å². The molecule has 8 heteroatoms. The Kier molecular flexibility index (Phi) is 6.30. The largest absolute Gasteiger partial charge is 0.492 e. The fraction of sp³-hybridized carbons (Fsp3) is 0.375. The van der Waals surface area contributed by atoms with E-state index in [2.05, 4.69) is 4.98 Å². The molecule has 0 spiro atoms. The average Bonchev–Trinajstić information content (AvgIpc) is 2.93. The van der Waals surface area contributed by atoms with E-state index in [4.69, 9.17) is 21.3 Å². The number of hydrogen-bond acceptors (Lipinski definition) is 4. The summed E-state index contributed by atoms with van der Waals surface area (Å²) in [5.74, 6) is -3.08. The minimum Gasteiger partial charge on any atom is -0.492 e. The quantitative estimate of drug-likeness (QED) is 0.658. The molecular formula is C16H22FN3O4. The molecule has 0 radical (unpaired) electrons. The highest BCUT2D eigenvalue weighted by molar-refractivity contribution is 6.03. The standard InChI is InChI=1S/C14H16FN3O4.C2H6/c1-5-8-6(3-7(16)14(20)21)4-18-11(8)12(22-2)10(15)9(5)13(17)19;1-2/h4,7,18H,3,16H2,1-2H3,(H2,17,19)(H,20,21);1-2H3. The van der Waals surface area contributed by atoms with Crippen LogP contribution in [0.2, 0.25) is 0 Å². The van der Waals surface area contributed by atoms with Crippen molar-refractivity contribution in [1.29, 1.82) is 0 Å². The topological polar surface area (TPSA) is 131 Å². The van der Waals surface area contributed by atoms with Gasteiger partial charge in [0, 0.05) is 18.0 Å². The lowest BCUT2D eigenvalue weighted by atomic mass is 9.97. The van der Waals surface area contributed by atoms with E-state index in [1.165, 1.54) is 20.2 Å². The average molecular weight is 339 g/mol. The van der Waals surface area contributed by atoms with Gasteiger partial charge in [0.2, 0.25) is 0 Å². The maximum Gasteiger partial charge on any atom is 0.320 e. The van der Waals surface area contributed by atoms with Crippen LogP contribution < -0.4 is 16.2 Å². The van der Waals surface area contributed by atoms with E-state index in [0.717, 1.165) is 0 Å². The number of rotatable bonds is 5. The van der Waals surface area contributed by atoms with Gasteiger partial charge in [-0.1, -0.05) is 13.8 Å². The van der Waals surface area contributed by atoms with E-state index in [1.807, 2.05) is 13.8 Å². The van der Waals surface area contributed by atoms with E-state index >= 15 is 0 Å². The lowest BCUT2D eigenvalue weighted by molar-refractivity contribution is -0.138. The molecule has 0 aliphatic heterocycles. The number of amides is 1. The Bertz CT molecular complexity index is 771. The van der Waals surface area contributed by atoms with Gasteiger partial charge in [-0.05, 0) is 18.1 Å². The van der Waals surface area contributed by atoms with Gasteiger partial charge in [0.25, 0.3) is 5.91 Å². The van der Waals surface area contributed by atoms with Gasteiger partial charge in [0.05, 0.1) is 18.2 Å². The van der Waals surface area contributed by atoms with Crippen LogP contribution in [0, 0.1) is 12.7 Å². The summed E-state index contributed by atoms with van der Waals surface area (Å²) in [4.78, 5) is 25.3. The van der Waals surface area contributed by atoms with Gasteiger partial charge < -0.3 is 26.3 Å². The third-order valence-corrected chi connectivity index (χ3v) is 3.57. The molecule has 1 unspecified atom stereocenters. The predicted molar refractivity (Wildman–Crippen MR) is 88.7 cm³/mol. The van der Waals surface area contributed by atoms with Crippen molar-refractivity contribution >= 4 is 22.8 Å². The molecule has 24 heavy (non-hydrogen) atoms. The first-order valence-corrected chi connectivity index (χ1v) is 7.43. The van der Waals surface area contributed by atoms with Crippen LogP contribution in [0.4, 0.5) is 4.39 Å². The Hall–Kier alpha value is -2.61. The number of carbonyl (C=O) groups excluding carboxylic acids is 1. The zero-order valence-corrected chi connectivity index (χ0v) is 14.1. The minimum absolute atomic E-state index is 0.0170. The number of aromatic nitrogens is 1. The van der Waals surface area contributed by atoms with Crippen molar-refractivity contribution in [3.8, 4) is 5.75 Å². The third-order valence-electron chi connectivity index (χ3n) is 3.57. The van der Waals surface area contributed by atoms with Crippen LogP contribution in [0.15, 0.2) is 6.20 Å². The number of carbonyl (C=O) groups is 2. The Morgan fingerprint density at radius 2 is 2.00 bits per heavy atom. The number of methoxy groups -OCH3 is 1. The van der Waals surface area contributed by atoms with E-state index in [1.54, 1.807) is 0 Å². The summed E-state index contributed by atoms with van der Waals surface area (Å²) in [7, 11) is 1.27. The SMILES string of the molecule is CC.COc1c(F)c(C(N)=O)c(C)c2c(CC(N)C(=O)O)c[nH]c12. The second kappa shape index (κ2) is 7.78. The Morgan fingerprint density at radius 3 is 2.46 bits per heavy atom. The molecule has 0 saturated heterocycles. The predicted octanol–water partition coefficient (Wildman–Crippen LogP) is 1.70. The number of fused-ring (bicyclic) bond motifs is 1. The van der Waals surface area contributed by atoms with Gasteiger partial charge >= 0.3 is 5.97 Å². The summed E-state index contributed by atoms with van der Waals surface area (Å²) in [5.41, 5.74) is 11.7. The smallest absolute Gasteiger partial charge is 0.320 e. The maximum atomic E-state index is 14.3. The highest BCUT2D eigenvalue weighted by Gasteiger charge is 2.25. The van der Waals surface area contributed by atoms with E-state index in [9.17, 15) is 14.0 Å². The summed E-state index contributed by atoms with van der Waals surface area (Å²) in [5, 5.41) is 9.41. The number of ether oxygens (including phenoxy) is 1. The molecule has 1 aromatic heterocycles. The molecule has 0 aliphatic rings. The molecular weight excluding hydrogens is 317 g/mol. The van der Waals surface area contributed by atoms with Crippen LogP contribution in [0.5, 0.6) is 5.75 Å². The Morgan fingerprint density at radius 1 is 1.42 bits per heavy atom. The van der Waals surface area contributed by atoms with Crippen LogP contribution in [0.1, 0.15) is 35.3 Å². The van der Waals surface area contributed by atoms with Crippen LogP contribution in [-0.4, -0.2) is 35.1 Å². The first kappa shape index (κ1) is 19.4. The zero-order chi connectivity index (χ0) is 18.6. The van der Waals surface area contributed by atoms with Crippen molar-refractivity contribution in [2.75, 3.05) is 7.11 Å². The summed E-state index contributed by atoms with van der Waals surface area (Å²) in [6.07, 6.45) is 1.54. The third kappa shape index (κ3) is 3.33. The highest BCUT2D eigenvalue weighted by atomic mass is 19.1. The van der Waals surface area contributed by atoms with Gasteiger partial charge in [-0.25, -0.2) is 4.39 Å². The second-order valence-electron chi connectivity index (χ2n) is 4.92. The number of hydrogen-bond donors (Lipinski definition) is 4. The molecule has 1 atom stereocenters. The van der Waals surface area contributed by atoms with E-state index in [-0.39, 0.29) is 17.7 Å². The summed E-state index contributed by atoms with van der Waals surface area (Å²) >= 11 is 0. The van der Waals surface area contributed by atoms with Crippen molar-refractivity contribution in [3.05, 3.63) is 28.7 Å². The monoisotopic (exact) mass is 339 g/mol. The number of primary amides is 1. The molecule has 132 valence electrons. The fourth-order valence-corrected chi connectivity index (χ4v) is 2.55. The normalized spacial score (nSPS) is 11.6. The first-order chi connectivity index (χ1) is 11.3. The van der Waals surface area contributed by atoms with Gasteiger partial charge in [-0.3, -0.25) is 9.59 Å². The van der Waals surface area contributed by atoms with Crippen molar-refractivity contribution in [1.82, 2.24) is 4.98 Å². The highest BCUT2D eigenvalue weighted by Crippen LogP contribution is 2.36. The van der Waals surface area contributed by atoms with E-state index < -0.39 is 23.7 Å². The number of aryl methyl sites for hydroxylation is 1. The molecule has 0 aliphatic carbocycles. The molecule has 2 aromatic rings. The zero-order valence-electron chi connectivity index (χ0n) is 14.1. The molecule has 6 N–H and O–H groups in total. The molecule has 7 nitrogen and oxygen atoms in total. The lowest BCUT2D eigenvalue weighted by Gasteiger charge is -2.12. The number of halogens is 1. The van der Waals surface area contributed by atoms with Gasteiger partial charge in [-0.15, -0.1) is 0 Å². The number of aromatic amines is 1. The Balaban J connectivity index is 0.00000139. The molecule has 1 aromatic carbocycles. The first-order valence-electron chi connectivity index (χ1n) is 7.43. The lowest BCUT2D eigenvalue weighted by Crippen LogP contribution is -2.32. The second-order valence-corrected chi connectivity index (χ2v) is 4.92. The van der Waals surface area contributed by atoms with Gasteiger partial charge in [0.1, 0.15) is 6.04 Å². The molecule has 0 bridgehead atoms. The number of benzene rings is 1. The molecule has 0 fully saturated rings. The number of nitrogens with two attached hydrogens (primary N) is 2. The molecule has 1 amide bonds. The molecule has 1 heterocycles. The molecule has 2 rings (SSSR count). The van der Waals surface area contributed by atoms with Gasteiger partial charge in [0.15, 0.2) is 11.6 Å². The van der Waals surface area contributed by atoms with Crippen molar-refractivity contribution in [2.24, 2.45) is 11.5 Å². The van der Waals surface area contributed by atoms with Crippen molar-refractivity contribution in [3.63, 3.8) is 0 Å². The summed E-state index contributed by atoms with van der Waals surface area (Å²) < 4.78 is 19.4. The summed E-state index contributed by atoms with van der Waals surface area (Å²) in [6.45, 7) is 5.54. The minimum atomic E-state index is -1.16. The number of nitrogens with one attached hydrogen (secondary N) is 1. The maximum absolute atomic E-state index is 14.3. The fourth-order valence-electron chi connectivity index (χ4n) is 2.55. The number of H-pyrrole nitrogens is 1. The van der Waals surface area contributed by atoms with Crippen LogP contribution in [0.25, 0.3) is 10.9 Å². The van der Waals surface area contributed by atoms with Crippen LogP contribution >= 0.6 is 0 Å². The molecule has 0 saturated carbocycles. The van der Waals surface area contributed by atoms with Gasteiger partial charge in [-0.2, -0.15) is 0 Å². The van der Waals surface area contributed by atoms with Crippen LogP contribution in [-0.2, 0) is 11.2 Å². The van der Waals surface area contributed by atoms with Crippen molar-refractivity contribution < 1.29 is 23.8 Å². The van der Waals surface area contributed by atoms with Crippen LogP contribution in [0.3, 0.4) is 0 Å². The number of carboxylic acid groups (broad SMARTS) is 1.